The molecule has 0 aliphatic carbocycles. The van der Waals surface area contributed by atoms with E-state index in [4.69, 9.17) is 17.0 Å². The Morgan fingerprint density at radius 1 is 1.32 bits per heavy atom. The molecule has 146 valence electrons. The first-order valence-electron chi connectivity index (χ1n) is 9.25. The van der Waals surface area contributed by atoms with Crippen LogP contribution in [0, 0.1) is 4.77 Å². The number of carbonyl (C=O) groups excluding carboxylic acids is 1. The molecule has 2 N–H and O–H groups in total. The molecule has 3 heterocycles. The summed E-state index contributed by atoms with van der Waals surface area (Å²) < 4.78 is 7.37. The summed E-state index contributed by atoms with van der Waals surface area (Å²) in [6.45, 7) is 0.848. The molecule has 1 aliphatic heterocycles. The second-order valence-electron chi connectivity index (χ2n) is 6.74. The third kappa shape index (κ3) is 3.57. The van der Waals surface area contributed by atoms with Gasteiger partial charge in [-0.3, -0.25) is 14.5 Å². The molecule has 0 unspecified atom stereocenters. The summed E-state index contributed by atoms with van der Waals surface area (Å²) in [5.41, 5.74) is 0.863. The van der Waals surface area contributed by atoms with Gasteiger partial charge in [-0.1, -0.05) is 0 Å². The molecule has 9 heteroatoms. The summed E-state index contributed by atoms with van der Waals surface area (Å²) in [4.78, 5) is 22.6. The fourth-order valence-corrected chi connectivity index (χ4v) is 3.82. The molecule has 1 fully saturated rings. The highest BCUT2D eigenvalue weighted by Gasteiger charge is 2.30. The van der Waals surface area contributed by atoms with E-state index in [1.807, 2.05) is 29.2 Å². The number of aromatic amines is 2. The van der Waals surface area contributed by atoms with Crippen LogP contribution in [0.3, 0.4) is 0 Å². The monoisotopic (exact) mass is 398 g/mol. The highest BCUT2D eigenvalue weighted by atomic mass is 32.1. The first-order chi connectivity index (χ1) is 13.7. The highest BCUT2D eigenvalue weighted by molar-refractivity contribution is 7.71. The van der Waals surface area contributed by atoms with E-state index in [0.717, 1.165) is 36.4 Å². The van der Waals surface area contributed by atoms with Gasteiger partial charge in [0.1, 0.15) is 18.1 Å². The lowest BCUT2D eigenvalue weighted by molar-refractivity contribution is -0.135. The van der Waals surface area contributed by atoms with Crippen molar-refractivity contribution in [1.82, 2.24) is 29.6 Å². The van der Waals surface area contributed by atoms with E-state index in [2.05, 4.69) is 20.2 Å². The van der Waals surface area contributed by atoms with E-state index < -0.39 is 0 Å². The van der Waals surface area contributed by atoms with Gasteiger partial charge in [0.05, 0.1) is 13.2 Å². The van der Waals surface area contributed by atoms with E-state index in [-0.39, 0.29) is 18.5 Å². The zero-order valence-corrected chi connectivity index (χ0v) is 16.4. The molecule has 2 aromatic heterocycles. The molecular weight excluding hydrogens is 376 g/mol. The fraction of sp³-hybridized carbons (Fsp3) is 0.368. The van der Waals surface area contributed by atoms with Crippen LogP contribution in [0.15, 0.2) is 36.7 Å². The molecule has 1 saturated heterocycles. The van der Waals surface area contributed by atoms with Crippen LogP contribution < -0.4 is 4.74 Å². The van der Waals surface area contributed by atoms with Gasteiger partial charge in [-0.25, -0.2) is 4.98 Å². The molecule has 1 atom stereocenters. The number of rotatable bonds is 5. The van der Waals surface area contributed by atoms with Crippen molar-refractivity contribution >= 4 is 18.1 Å². The van der Waals surface area contributed by atoms with Crippen LogP contribution in [0.25, 0.3) is 11.4 Å². The number of nitrogens with zero attached hydrogens (tertiary/aromatic N) is 4. The Kier molecular flexibility index (Phi) is 5.25. The zero-order valence-electron chi connectivity index (χ0n) is 15.6. The maximum absolute atomic E-state index is 13.2. The zero-order chi connectivity index (χ0) is 19.5. The SMILES string of the molecule is COc1ccc(-c2n[nH]c(=S)n2CC(=O)N2CCCC[C@H]2c2ncc[nH]2)cc1. The number of H-pyrrole nitrogens is 2. The summed E-state index contributed by atoms with van der Waals surface area (Å²) in [6.07, 6.45) is 6.49. The van der Waals surface area contributed by atoms with E-state index >= 15 is 0 Å². The summed E-state index contributed by atoms with van der Waals surface area (Å²) in [5, 5.41) is 7.13. The Balaban J connectivity index is 1.59. The first-order valence-corrected chi connectivity index (χ1v) is 9.66. The molecule has 8 nitrogen and oxygen atoms in total. The van der Waals surface area contributed by atoms with Crippen LogP contribution in [0.5, 0.6) is 5.75 Å². The predicted octanol–water partition coefficient (Wildman–Crippen LogP) is 3.09. The first kappa shape index (κ1) is 18.4. The van der Waals surface area contributed by atoms with E-state index in [1.165, 1.54) is 0 Å². The van der Waals surface area contributed by atoms with E-state index in [1.54, 1.807) is 24.1 Å². The number of methoxy groups -OCH3 is 1. The van der Waals surface area contributed by atoms with Crippen LogP contribution in [-0.4, -0.2) is 49.2 Å². The molecule has 0 radical (unpaired) electrons. The maximum Gasteiger partial charge on any atom is 0.243 e. The lowest BCUT2D eigenvalue weighted by Gasteiger charge is -2.34. The van der Waals surface area contributed by atoms with Crippen molar-refractivity contribution in [2.24, 2.45) is 0 Å². The van der Waals surface area contributed by atoms with Gasteiger partial charge in [-0.15, -0.1) is 0 Å². The number of hydrogen-bond donors (Lipinski definition) is 2. The lowest BCUT2D eigenvalue weighted by atomic mass is 10.0. The molecule has 0 spiro atoms. The number of amides is 1. The van der Waals surface area contributed by atoms with E-state index in [0.29, 0.717) is 17.1 Å². The average molecular weight is 398 g/mol. The summed E-state index contributed by atoms with van der Waals surface area (Å²) >= 11 is 5.38. The normalized spacial score (nSPS) is 16.9. The Labute approximate surface area is 167 Å². The quantitative estimate of drug-likeness (QED) is 0.645. The third-order valence-electron chi connectivity index (χ3n) is 5.06. The van der Waals surface area contributed by atoms with Gasteiger partial charge >= 0.3 is 0 Å². The third-order valence-corrected chi connectivity index (χ3v) is 5.37. The molecule has 1 amide bonds. The number of piperidine rings is 1. The van der Waals surface area contributed by atoms with Crippen molar-refractivity contribution in [3.63, 3.8) is 0 Å². The number of carbonyl (C=O) groups is 1. The Hall–Kier alpha value is -2.94. The second kappa shape index (κ2) is 7.97. The Bertz CT molecular complexity index is 992. The topological polar surface area (TPSA) is 91.8 Å². The number of likely N-dealkylation sites (tertiary alicyclic amines) is 1. The van der Waals surface area contributed by atoms with Crippen molar-refractivity contribution in [1.29, 1.82) is 0 Å². The molecule has 4 rings (SSSR count). The van der Waals surface area contributed by atoms with Crippen LogP contribution in [0.1, 0.15) is 31.1 Å². The number of benzene rings is 1. The molecule has 3 aromatic rings. The smallest absolute Gasteiger partial charge is 0.243 e. The minimum atomic E-state index is -0.0261. The molecular formula is C19H22N6O2S. The Morgan fingerprint density at radius 2 is 2.14 bits per heavy atom. The van der Waals surface area contributed by atoms with Gasteiger partial charge in [0.2, 0.25) is 5.91 Å². The largest absolute Gasteiger partial charge is 0.497 e. The molecule has 1 aliphatic rings. The van der Waals surface area contributed by atoms with Crippen molar-refractivity contribution < 1.29 is 9.53 Å². The van der Waals surface area contributed by atoms with Crippen molar-refractivity contribution in [2.45, 2.75) is 31.8 Å². The number of aromatic nitrogens is 5. The minimum absolute atomic E-state index is 0.00774. The average Bonchev–Trinajstić information content (AvgIpc) is 3.39. The lowest BCUT2D eigenvalue weighted by Crippen LogP contribution is -2.40. The van der Waals surface area contributed by atoms with E-state index in [9.17, 15) is 4.79 Å². The predicted molar refractivity (Wildman–Crippen MR) is 106 cm³/mol. The summed E-state index contributed by atoms with van der Waals surface area (Å²) in [6, 6.07) is 7.49. The number of imidazole rings is 1. The standard InChI is InChI=1S/C19H22N6O2S/c1-27-14-7-5-13(6-8-14)18-22-23-19(28)25(18)12-16(26)24-11-3-2-4-15(24)17-20-9-10-21-17/h5-10,15H,2-4,11-12H2,1H3,(H,20,21)(H,23,28)/t15-/m0/s1. The fourth-order valence-electron chi connectivity index (χ4n) is 3.62. The number of ether oxygens (including phenoxy) is 1. The van der Waals surface area contributed by atoms with Crippen LogP contribution in [-0.2, 0) is 11.3 Å². The highest BCUT2D eigenvalue weighted by Crippen LogP contribution is 2.29. The molecule has 28 heavy (non-hydrogen) atoms. The maximum atomic E-state index is 13.2. The van der Waals surface area contributed by atoms with Crippen LogP contribution >= 0.6 is 12.2 Å². The van der Waals surface area contributed by atoms with Crippen molar-refractivity contribution in [2.75, 3.05) is 13.7 Å². The van der Waals surface area contributed by atoms with Gasteiger partial charge in [0.25, 0.3) is 0 Å². The second-order valence-corrected chi connectivity index (χ2v) is 7.13. The van der Waals surface area contributed by atoms with Crippen LogP contribution in [0.4, 0.5) is 0 Å². The molecule has 0 saturated carbocycles. The summed E-state index contributed by atoms with van der Waals surface area (Å²) in [7, 11) is 1.62. The minimum Gasteiger partial charge on any atom is -0.497 e. The number of nitrogens with one attached hydrogen (secondary N) is 2. The van der Waals surface area contributed by atoms with Crippen LogP contribution in [0.2, 0.25) is 0 Å². The molecule has 0 bridgehead atoms. The van der Waals surface area contributed by atoms with Gasteiger partial charge in [0.15, 0.2) is 10.6 Å². The molecule has 1 aromatic carbocycles. The van der Waals surface area contributed by atoms with Crippen molar-refractivity contribution in [3.8, 4) is 17.1 Å². The summed E-state index contributed by atoms with van der Waals surface area (Å²) in [5.74, 6) is 2.23. The van der Waals surface area contributed by atoms with Gasteiger partial charge in [-0.2, -0.15) is 5.10 Å². The van der Waals surface area contributed by atoms with Gasteiger partial charge in [0, 0.05) is 24.5 Å². The van der Waals surface area contributed by atoms with Gasteiger partial charge in [-0.05, 0) is 55.7 Å². The van der Waals surface area contributed by atoms with Gasteiger partial charge < -0.3 is 14.6 Å². The number of hydrogen-bond acceptors (Lipinski definition) is 5. The van der Waals surface area contributed by atoms with Crippen molar-refractivity contribution in [3.05, 3.63) is 47.3 Å². The Morgan fingerprint density at radius 3 is 2.86 bits per heavy atom.